The number of aliphatic carboxylic acids is 1. The van der Waals surface area contributed by atoms with E-state index in [-0.39, 0.29) is 5.91 Å². The number of carbonyl (C=O) groups is 2. The second-order valence-corrected chi connectivity index (χ2v) is 6.81. The van der Waals surface area contributed by atoms with Crippen molar-refractivity contribution < 1.29 is 37.0 Å². The maximum atomic E-state index is 12.1. The lowest BCUT2D eigenvalue weighted by Gasteiger charge is -2.32. The van der Waals surface area contributed by atoms with Gasteiger partial charge < -0.3 is 24.5 Å². The molecular formula is C17H23F3N2O5. The molecule has 2 aliphatic rings. The number of furan rings is 1. The Bertz CT molecular complexity index is 621. The van der Waals surface area contributed by atoms with Gasteiger partial charge in [-0.15, -0.1) is 0 Å². The van der Waals surface area contributed by atoms with Crippen LogP contribution in [-0.2, 0) is 20.9 Å². The largest absolute Gasteiger partial charge is 0.490 e. The molecule has 3 atom stereocenters. The van der Waals surface area contributed by atoms with Gasteiger partial charge in [0.05, 0.1) is 26.0 Å². The van der Waals surface area contributed by atoms with E-state index in [2.05, 4.69) is 17.3 Å². The number of hydrogen-bond donors (Lipinski definition) is 2. The molecule has 0 bridgehead atoms. The summed E-state index contributed by atoms with van der Waals surface area (Å²) < 4.78 is 42.6. The van der Waals surface area contributed by atoms with Gasteiger partial charge >= 0.3 is 12.1 Å². The van der Waals surface area contributed by atoms with Crippen LogP contribution in [0, 0.1) is 17.8 Å². The highest BCUT2D eigenvalue weighted by atomic mass is 19.4. The fourth-order valence-electron chi connectivity index (χ4n) is 3.44. The van der Waals surface area contributed by atoms with E-state index in [1.165, 1.54) is 0 Å². The Morgan fingerprint density at radius 1 is 1.33 bits per heavy atom. The highest BCUT2D eigenvalue weighted by molar-refractivity contribution is 5.76. The van der Waals surface area contributed by atoms with Crippen LogP contribution in [0.4, 0.5) is 13.2 Å². The molecule has 2 aliphatic heterocycles. The van der Waals surface area contributed by atoms with Crippen LogP contribution in [0.1, 0.15) is 12.2 Å². The minimum atomic E-state index is -5.08. The normalized spacial score (nSPS) is 25.3. The predicted octanol–water partition coefficient (Wildman–Crippen LogP) is 1.74. The van der Waals surface area contributed by atoms with Crippen molar-refractivity contribution in [1.29, 1.82) is 0 Å². The zero-order valence-corrected chi connectivity index (χ0v) is 14.9. The Balaban J connectivity index is 0.000000321. The van der Waals surface area contributed by atoms with Crippen molar-refractivity contribution in [3.63, 3.8) is 0 Å². The Kier molecular flexibility index (Phi) is 7.25. The van der Waals surface area contributed by atoms with Crippen LogP contribution in [0.15, 0.2) is 22.8 Å². The van der Waals surface area contributed by atoms with Crippen LogP contribution in [-0.4, -0.2) is 61.4 Å². The summed E-state index contributed by atoms with van der Waals surface area (Å²) in [7, 11) is 2.15. The number of alkyl halides is 3. The smallest absolute Gasteiger partial charge is 0.475 e. The second-order valence-electron chi connectivity index (χ2n) is 6.81. The number of amides is 1. The predicted molar refractivity (Wildman–Crippen MR) is 87.6 cm³/mol. The molecule has 10 heteroatoms. The third kappa shape index (κ3) is 6.55. The maximum Gasteiger partial charge on any atom is 0.490 e. The van der Waals surface area contributed by atoms with E-state index in [0.29, 0.717) is 37.3 Å². The molecule has 3 rings (SSSR count). The summed E-state index contributed by atoms with van der Waals surface area (Å²) in [6.07, 6.45) is -2.91. The molecule has 0 aromatic carbocycles. The molecule has 2 fully saturated rings. The number of nitrogens with one attached hydrogen (secondary N) is 1. The third-order valence-corrected chi connectivity index (χ3v) is 4.67. The molecule has 27 heavy (non-hydrogen) atoms. The second kappa shape index (κ2) is 9.23. The van der Waals surface area contributed by atoms with Gasteiger partial charge in [0.15, 0.2) is 0 Å². The van der Waals surface area contributed by atoms with E-state index in [4.69, 9.17) is 19.1 Å². The molecule has 0 saturated carbocycles. The molecule has 7 nitrogen and oxygen atoms in total. The highest BCUT2D eigenvalue weighted by Gasteiger charge is 2.40. The molecule has 152 valence electrons. The van der Waals surface area contributed by atoms with Gasteiger partial charge in [-0.2, -0.15) is 13.2 Å². The summed E-state index contributed by atoms with van der Waals surface area (Å²) in [5.41, 5.74) is 0. The maximum absolute atomic E-state index is 12.1. The van der Waals surface area contributed by atoms with Crippen LogP contribution in [0.2, 0.25) is 0 Å². The number of likely N-dealkylation sites (tertiary alicyclic amines) is 1. The number of nitrogens with zero attached hydrogens (tertiary/aromatic N) is 1. The van der Waals surface area contributed by atoms with Crippen molar-refractivity contribution in [2.24, 2.45) is 17.8 Å². The van der Waals surface area contributed by atoms with E-state index >= 15 is 0 Å². The topological polar surface area (TPSA) is 92.0 Å². The first kappa shape index (κ1) is 21.2. The third-order valence-electron chi connectivity index (χ3n) is 4.67. The molecule has 0 spiro atoms. The first-order chi connectivity index (χ1) is 12.7. The van der Waals surface area contributed by atoms with E-state index < -0.39 is 12.1 Å². The number of rotatable bonds is 4. The molecule has 2 saturated heterocycles. The molecule has 0 radical (unpaired) electrons. The molecule has 0 aliphatic carbocycles. The number of carboxylic acids is 1. The number of carbonyl (C=O) groups excluding carboxylic acids is 1. The highest BCUT2D eigenvalue weighted by Crippen LogP contribution is 2.34. The SMILES string of the molecule is CN1C[C@@H]2COC[C@@H](CC(=O)NCc3ccco3)[C@@H]2C1.O=C(O)C(F)(F)F. The minimum Gasteiger partial charge on any atom is -0.475 e. The number of carboxylic acid groups (broad SMARTS) is 1. The van der Waals surface area contributed by atoms with Crippen molar-refractivity contribution >= 4 is 11.9 Å². The van der Waals surface area contributed by atoms with Crippen molar-refractivity contribution in [1.82, 2.24) is 10.2 Å². The van der Waals surface area contributed by atoms with E-state index in [1.54, 1.807) is 6.26 Å². The summed E-state index contributed by atoms with van der Waals surface area (Å²) in [5.74, 6) is -0.343. The van der Waals surface area contributed by atoms with Gasteiger partial charge in [0.2, 0.25) is 5.91 Å². The van der Waals surface area contributed by atoms with E-state index in [1.807, 2.05) is 12.1 Å². The lowest BCUT2D eigenvalue weighted by atomic mass is 9.81. The van der Waals surface area contributed by atoms with Gasteiger partial charge in [0, 0.05) is 19.5 Å². The zero-order valence-electron chi connectivity index (χ0n) is 14.9. The van der Waals surface area contributed by atoms with E-state index in [9.17, 15) is 18.0 Å². The number of halogens is 3. The van der Waals surface area contributed by atoms with Crippen LogP contribution in [0.5, 0.6) is 0 Å². The standard InChI is InChI=1S/C15H22N2O3.C2HF3O2/c1-17-7-12-10-19-9-11(14(12)8-17)5-15(18)16-6-13-3-2-4-20-13;3-2(4,5)1(6)7/h2-4,11-12,14H,5-10H2,1H3,(H,16,18);(H,6,7)/t11-,12-,14+;/m1./s1. The van der Waals surface area contributed by atoms with Gasteiger partial charge in [-0.1, -0.05) is 0 Å². The average molecular weight is 392 g/mol. The summed E-state index contributed by atoms with van der Waals surface area (Å²) in [4.78, 5) is 23.3. The number of hydrogen-bond acceptors (Lipinski definition) is 5. The van der Waals surface area contributed by atoms with Crippen LogP contribution < -0.4 is 5.32 Å². The summed E-state index contributed by atoms with van der Waals surface area (Å²) in [6.45, 7) is 4.20. The fourth-order valence-corrected chi connectivity index (χ4v) is 3.44. The minimum absolute atomic E-state index is 0.0882. The average Bonchev–Trinajstić information content (AvgIpc) is 3.21. The first-order valence-electron chi connectivity index (χ1n) is 8.52. The van der Waals surface area contributed by atoms with Gasteiger partial charge in [-0.25, -0.2) is 4.79 Å². The lowest BCUT2D eigenvalue weighted by molar-refractivity contribution is -0.192. The van der Waals surface area contributed by atoms with Crippen molar-refractivity contribution in [3.05, 3.63) is 24.2 Å². The molecular weight excluding hydrogens is 369 g/mol. The Morgan fingerprint density at radius 2 is 2.04 bits per heavy atom. The monoisotopic (exact) mass is 392 g/mol. The summed E-state index contributed by atoms with van der Waals surface area (Å²) >= 11 is 0. The van der Waals surface area contributed by atoms with Crippen LogP contribution in [0.25, 0.3) is 0 Å². The van der Waals surface area contributed by atoms with E-state index in [0.717, 1.165) is 25.5 Å². The van der Waals surface area contributed by atoms with Crippen molar-refractivity contribution in [3.8, 4) is 0 Å². The lowest BCUT2D eigenvalue weighted by Crippen LogP contribution is -2.38. The van der Waals surface area contributed by atoms with Crippen LogP contribution in [0.3, 0.4) is 0 Å². The zero-order chi connectivity index (χ0) is 20.0. The molecule has 0 unspecified atom stereocenters. The van der Waals surface area contributed by atoms with Gasteiger partial charge in [0.25, 0.3) is 0 Å². The Labute approximate surface area is 154 Å². The molecule has 3 heterocycles. The summed E-state index contributed by atoms with van der Waals surface area (Å²) in [6, 6.07) is 3.70. The number of ether oxygens (including phenoxy) is 1. The van der Waals surface area contributed by atoms with Crippen molar-refractivity contribution in [2.45, 2.75) is 19.1 Å². The van der Waals surface area contributed by atoms with Crippen molar-refractivity contribution in [2.75, 3.05) is 33.4 Å². The van der Waals surface area contributed by atoms with Gasteiger partial charge in [-0.05, 0) is 36.9 Å². The quantitative estimate of drug-likeness (QED) is 0.811. The van der Waals surface area contributed by atoms with Gasteiger partial charge in [-0.3, -0.25) is 4.79 Å². The molecule has 2 N–H and O–H groups in total. The van der Waals surface area contributed by atoms with Gasteiger partial charge in [0.1, 0.15) is 5.76 Å². The molecule has 1 amide bonds. The number of fused-ring (bicyclic) bond motifs is 1. The van der Waals surface area contributed by atoms with Crippen LogP contribution >= 0.6 is 0 Å². The molecule has 1 aromatic heterocycles. The Morgan fingerprint density at radius 3 is 2.63 bits per heavy atom. The molecule has 1 aromatic rings. The fraction of sp³-hybridized carbons (Fsp3) is 0.647. The Hall–Kier alpha value is -2.07. The first-order valence-corrected chi connectivity index (χ1v) is 8.52. The summed E-state index contributed by atoms with van der Waals surface area (Å²) in [5, 5.41) is 10.0.